The average Bonchev–Trinajstić information content (AvgIpc) is 2.80. The van der Waals surface area contributed by atoms with Gasteiger partial charge >= 0.3 is 0 Å². The van der Waals surface area contributed by atoms with Gasteiger partial charge in [0, 0.05) is 10.5 Å². The Morgan fingerprint density at radius 2 is 2.22 bits per heavy atom. The van der Waals surface area contributed by atoms with E-state index in [1.54, 1.807) is 17.4 Å². The Bertz CT molecular complexity index is 478. The number of nitrogens with one attached hydrogen (secondary N) is 1. The van der Waals surface area contributed by atoms with Gasteiger partial charge in [-0.15, -0.1) is 0 Å². The molecule has 0 amide bonds. The van der Waals surface area contributed by atoms with Crippen molar-refractivity contribution < 1.29 is 4.39 Å². The van der Waals surface area contributed by atoms with E-state index >= 15 is 0 Å². The molecule has 0 spiro atoms. The molecule has 0 aliphatic carbocycles. The summed E-state index contributed by atoms with van der Waals surface area (Å²) >= 11 is 5.02. The van der Waals surface area contributed by atoms with Gasteiger partial charge in [0.25, 0.3) is 0 Å². The topological polar surface area (TPSA) is 12.0 Å². The van der Waals surface area contributed by atoms with Crippen LogP contribution in [0.5, 0.6) is 0 Å². The van der Waals surface area contributed by atoms with Crippen molar-refractivity contribution in [3.05, 3.63) is 56.4 Å². The zero-order valence-corrected chi connectivity index (χ0v) is 12.5. The van der Waals surface area contributed by atoms with E-state index in [0.29, 0.717) is 0 Å². The number of likely N-dealkylation sites (N-methyl/N-ethyl adjacent to an activating group) is 1. The first-order valence-electron chi connectivity index (χ1n) is 5.89. The van der Waals surface area contributed by atoms with Crippen LogP contribution in [0, 0.1) is 5.82 Å². The van der Waals surface area contributed by atoms with Crippen LogP contribution in [0.3, 0.4) is 0 Å². The molecule has 4 heteroatoms. The van der Waals surface area contributed by atoms with E-state index in [4.69, 9.17) is 0 Å². The Labute approximate surface area is 119 Å². The number of thiophene rings is 1. The van der Waals surface area contributed by atoms with Crippen molar-refractivity contribution >= 4 is 27.3 Å². The summed E-state index contributed by atoms with van der Waals surface area (Å²) in [6.45, 7) is 2.98. The predicted molar refractivity (Wildman–Crippen MR) is 78.5 cm³/mol. The molecule has 0 bridgehead atoms. The third-order valence-corrected chi connectivity index (χ3v) is 3.92. The van der Waals surface area contributed by atoms with Gasteiger partial charge in [0.2, 0.25) is 0 Å². The van der Waals surface area contributed by atoms with Crippen LogP contribution in [0.1, 0.15) is 24.1 Å². The van der Waals surface area contributed by atoms with Gasteiger partial charge < -0.3 is 5.32 Å². The standard InChI is InChI=1S/C14H15BrFNS/c1-2-17-14(11-3-4-18-9-11)7-10-5-12(15)8-13(16)6-10/h3-6,8-9,14,17H,2,7H2,1H3. The van der Waals surface area contributed by atoms with Gasteiger partial charge in [-0.1, -0.05) is 22.9 Å². The van der Waals surface area contributed by atoms with Crippen LogP contribution in [0.2, 0.25) is 0 Å². The molecule has 1 aromatic heterocycles. The monoisotopic (exact) mass is 327 g/mol. The number of halogens is 2. The second-order valence-electron chi connectivity index (χ2n) is 4.15. The van der Waals surface area contributed by atoms with Crippen LogP contribution in [-0.4, -0.2) is 6.54 Å². The first-order chi connectivity index (χ1) is 8.69. The highest BCUT2D eigenvalue weighted by atomic mass is 79.9. The summed E-state index contributed by atoms with van der Waals surface area (Å²) in [6, 6.07) is 7.42. The molecular weight excluding hydrogens is 313 g/mol. The molecule has 0 aliphatic heterocycles. The maximum Gasteiger partial charge on any atom is 0.124 e. The SMILES string of the molecule is CCNC(Cc1cc(F)cc(Br)c1)c1ccsc1. The minimum Gasteiger partial charge on any atom is -0.310 e. The lowest BCUT2D eigenvalue weighted by Gasteiger charge is -2.17. The quantitative estimate of drug-likeness (QED) is 0.849. The summed E-state index contributed by atoms with van der Waals surface area (Å²) in [5.74, 6) is -0.194. The second kappa shape index (κ2) is 6.45. The minimum atomic E-state index is -0.194. The van der Waals surface area contributed by atoms with Gasteiger partial charge in [-0.2, -0.15) is 11.3 Å². The first kappa shape index (κ1) is 13.7. The maximum atomic E-state index is 13.4. The summed E-state index contributed by atoms with van der Waals surface area (Å²) in [6.07, 6.45) is 0.793. The van der Waals surface area contributed by atoms with E-state index < -0.39 is 0 Å². The summed E-state index contributed by atoms with van der Waals surface area (Å²) < 4.78 is 14.1. The highest BCUT2D eigenvalue weighted by Gasteiger charge is 2.12. The normalized spacial score (nSPS) is 12.6. The Hall–Kier alpha value is -0.710. The number of hydrogen-bond donors (Lipinski definition) is 1. The molecule has 1 aromatic carbocycles. The fourth-order valence-corrected chi connectivity index (χ4v) is 3.22. The molecule has 0 radical (unpaired) electrons. The number of rotatable bonds is 5. The second-order valence-corrected chi connectivity index (χ2v) is 5.84. The van der Waals surface area contributed by atoms with Gasteiger partial charge in [0.15, 0.2) is 0 Å². The molecule has 0 saturated heterocycles. The maximum absolute atomic E-state index is 13.4. The molecule has 1 N–H and O–H groups in total. The molecule has 2 rings (SSSR count). The molecule has 0 saturated carbocycles. The Balaban J connectivity index is 2.18. The van der Waals surface area contributed by atoms with Crippen molar-refractivity contribution in [3.63, 3.8) is 0 Å². The summed E-state index contributed by atoms with van der Waals surface area (Å²) in [7, 11) is 0. The Kier molecular flexibility index (Phi) is 4.92. The van der Waals surface area contributed by atoms with Gasteiger partial charge in [-0.3, -0.25) is 0 Å². The van der Waals surface area contributed by atoms with E-state index in [0.717, 1.165) is 23.0 Å². The summed E-state index contributed by atoms with van der Waals surface area (Å²) in [5, 5.41) is 7.65. The Morgan fingerprint density at radius 3 is 2.83 bits per heavy atom. The van der Waals surface area contributed by atoms with Crippen molar-refractivity contribution in [3.8, 4) is 0 Å². The molecule has 0 aliphatic rings. The predicted octanol–water partition coefficient (Wildman–Crippen LogP) is 4.54. The van der Waals surface area contributed by atoms with Crippen molar-refractivity contribution in [2.45, 2.75) is 19.4 Å². The highest BCUT2D eigenvalue weighted by Crippen LogP contribution is 2.23. The lowest BCUT2D eigenvalue weighted by atomic mass is 10.0. The average molecular weight is 328 g/mol. The molecule has 2 aromatic rings. The van der Waals surface area contributed by atoms with Crippen LogP contribution in [0.15, 0.2) is 39.5 Å². The van der Waals surface area contributed by atoms with Crippen molar-refractivity contribution in [1.82, 2.24) is 5.32 Å². The van der Waals surface area contributed by atoms with E-state index in [1.165, 1.54) is 11.6 Å². The summed E-state index contributed by atoms with van der Waals surface area (Å²) in [4.78, 5) is 0. The van der Waals surface area contributed by atoms with Gasteiger partial charge in [-0.05, 0) is 59.1 Å². The molecule has 1 heterocycles. The molecule has 1 nitrogen and oxygen atoms in total. The van der Waals surface area contributed by atoms with Gasteiger partial charge in [-0.25, -0.2) is 4.39 Å². The fourth-order valence-electron chi connectivity index (χ4n) is 1.99. The van der Waals surface area contributed by atoms with E-state index in [-0.39, 0.29) is 11.9 Å². The largest absolute Gasteiger partial charge is 0.310 e. The molecule has 1 unspecified atom stereocenters. The third kappa shape index (κ3) is 3.64. The lowest BCUT2D eigenvalue weighted by molar-refractivity contribution is 0.548. The first-order valence-corrected chi connectivity index (χ1v) is 7.63. The highest BCUT2D eigenvalue weighted by molar-refractivity contribution is 9.10. The zero-order chi connectivity index (χ0) is 13.0. The smallest absolute Gasteiger partial charge is 0.124 e. The minimum absolute atomic E-state index is 0.194. The number of hydrogen-bond acceptors (Lipinski definition) is 2. The lowest BCUT2D eigenvalue weighted by Crippen LogP contribution is -2.22. The molecule has 96 valence electrons. The number of benzene rings is 1. The Morgan fingerprint density at radius 1 is 1.39 bits per heavy atom. The van der Waals surface area contributed by atoms with E-state index in [1.807, 2.05) is 6.07 Å². The van der Waals surface area contributed by atoms with Crippen LogP contribution in [0.25, 0.3) is 0 Å². The van der Waals surface area contributed by atoms with Crippen LogP contribution < -0.4 is 5.32 Å². The molecular formula is C14H15BrFNS. The molecule has 18 heavy (non-hydrogen) atoms. The van der Waals surface area contributed by atoms with Gasteiger partial charge in [0.05, 0.1) is 0 Å². The molecule has 0 fully saturated rings. The summed E-state index contributed by atoms with van der Waals surface area (Å²) in [5.41, 5.74) is 2.27. The third-order valence-electron chi connectivity index (χ3n) is 2.76. The van der Waals surface area contributed by atoms with E-state index in [9.17, 15) is 4.39 Å². The van der Waals surface area contributed by atoms with Crippen molar-refractivity contribution in [2.75, 3.05) is 6.54 Å². The van der Waals surface area contributed by atoms with Crippen molar-refractivity contribution in [2.24, 2.45) is 0 Å². The van der Waals surface area contributed by atoms with Crippen molar-refractivity contribution in [1.29, 1.82) is 0 Å². The molecule has 1 atom stereocenters. The van der Waals surface area contributed by atoms with E-state index in [2.05, 4.69) is 45.0 Å². The van der Waals surface area contributed by atoms with Crippen LogP contribution in [-0.2, 0) is 6.42 Å². The van der Waals surface area contributed by atoms with Crippen LogP contribution >= 0.6 is 27.3 Å². The zero-order valence-electron chi connectivity index (χ0n) is 10.1. The fraction of sp³-hybridized carbons (Fsp3) is 0.286. The van der Waals surface area contributed by atoms with Crippen LogP contribution in [0.4, 0.5) is 4.39 Å². The van der Waals surface area contributed by atoms with Gasteiger partial charge in [0.1, 0.15) is 5.82 Å².